The number of carbonyl (C=O) groups is 1. The van der Waals surface area contributed by atoms with Gasteiger partial charge in [-0.1, -0.05) is 67.9 Å². The lowest BCUT2D eigenvalue weighted by Gasteiger charge is -2.39. The minimum absolute atomic E-state index is 0.0324. The monoisotopic (exact) mass is 736 g/mol. The Kier molecular flexibility index (Phi) is 9.50. The lowest BCUT2D eigenvalue weighted by atomic mass is 9.73. The number of hydrogen-bond acceptors (Lipinski definition) is 9. The molecule has 7 atom stereocenters. The SMILES string of the molecule is CC1C=CC(C(O)CC(=O)CCc2ccc3c(c2)OC2C(C#CC(O)c4ccc5c(c4CC4=C6CN2C=C6N=C4)CC=NC5N)C2(C#CO3)CCCC2)CC1. The highest BCUT2D eigenvalue weighted by Gasteiger charge is 2.48. The van der Waals surface area contributed by atoms with Gasteiger partial charge in [0.1, 0.15) is 24.2 Å². The third-order valence-corrected chi connectivity index (χ3v) is 12.8. The van der Waals surface area contributed by atoms with E-state index in [1.807, 2.05) is 42.8 Å². The van der Waals surface area contributed by atoms with Crippen LogP contribution in [0, 0.1) is 47.0 Å². The van der Waals surface area contributed by atoms with Gasteiger partial charge in [0.05, 0.1) is 23.1 Å². The van der Waals surface area contributed by atoms with E-state index < -0.39 is 35.9 Å². The maximum Gasteiger partial charge on any atom is 0.187 e. The molecule has 1 spiro atoms. The predicted molar refractivity (Wildman–Crippen MR) is 211 cm³/mol. The van der Waals surface area contributed by atoms with Crippen LogP contribution in [0.3, 0.4) is 0 Å². The zero-order valence-electron chi connectivity index (χ0n) is 31.3. The van der Waals surface area contributed by atoms with Gasteiger partial charge >= 0.3 is 0 Å². The largest absolute Gasteiger partial charge is 0.465 e. The Balaban J connectivity index is 1.06. The van der Waals surface area contributed by atoms with Gasteiger partial charge in [-0.3, -0.25) is 14.8 Å². The van der Waals surface area contributed by atoms with Gasteiger partial charge in [0.25, 0.3) is 0 Å². The molecule has 9 nitrogen and oxygen atoms in total. The summed E-state index contributed by atoms with van der Waals surface area (Å²) < 4.78 is 13.2. The summed E-state index contributed by atoms with van der Waals surface area (Å²) in [7, 11) is 0. The number of allylic oxidation sites excluding steroid dienone is 2. The molecule has 282 valence electrons. The molecule has 1 fully saturated rings. The molecule has 0 amide bonds. The first-order chi connectivity index (χ1) is 26.7. The van der Waals surface area contributed by atoms with Crippen molar-refractivity contribution in [3.05, 3.63) is 93.3 Å². The van der Waals surface area contributed by atoms with Crippen molar-refractivity contribution in [2.24, 2.45) is 38.9 Å². The second kappa shape index (κ2) is 14.6. The number of nitrogens with two attached hydrogens (primary N) is 1. The molecule has 9 rings (SSSR count). The molecule has 7 aliphatic rings. The summed E-state index contributed by atoms with van der Waals surface area (Å²) in [6.07, 6.45) is 18.3. The van der Waals surface area contributed by atoms with Gasteiger partial charge in [0.15, 0.2) is 17.7 Å². The maximum absolute atomic E-state index is 13.1. The zero-order valence-corrected chi connectivity index (χ0v) is 31.3. The molecule has 2 aliphatic carbocycles. The van der Waals surface area contributed by atoms with Crippen LogP contribution in [0.15, 0.2) is 75.5 Å². The number of nitrogens with zero attached hydrogens (tertiary/aromatic N) is 3. The highest BCUT2D eigenvalue weighted by Crippen LogP contribution is 2.49. The quantitative estimate of drug-likeness (QED) is 0.238. The van der Waals surface area contributed by atoms with Crippen LogP contribution in [0.2, 0.25) is 0 Å². The summed E-state index contributed by atoms with van der Waals surface area (Å²) in [5.41, 5.74) is 13.9. The molecular formula is C46H48N4O5. The Morgan fingerprint density at radius 3 is 2.78 bits per heavy atom. The molecule has 7 unspecified atom stereocenters. The van der Waals surface area contributed by atoms with E-state index >= 15 is 0 Å². The molecule has 0 saturated heterocycles. The topological polar surface area (TPSA) is 130 Å². The van der Waals surface area contributed by atoms with E-state index in [4.69, 9.17) is 20.2 Å². The number of carbonyl (C=O) groups excluding carboxylic acids is 1. The van der Waals surface area contributed by atoms with Crippen molar-refractivity contribution in [2.45, 2.75) is 102 Å². The minimum Gasteiger partial charge on any atom is -0.465 e. The predicted octanol–water partition coefficient (Wildman–Crippen LogP) is 6.19. The van der Waals surface area contributed by atoms with E-state index in [0.29, 0.717) is 49.6 Å². The first-order valence-electron chi connectivity index (χ1n) is 20.0. The molecular weight excluding hydrogens is 689 g/mol. The van der Waals surface area contributed by atoms with Gasteiger partial charge in [0.2, 0.25) is 0 Å². The Bertz CT molecular complexity index is 2190. The summed E-state index contributed by atoms with van der Waals surface area (Å²) >= 11 is 0. The van der Waals surface area contributed by atoms with Gasteiger partial charge in [-0.2, -0.15) is 0 Å². The molecule has 2 bridgehead atoms. The standard InChI is InChI=1S/C46H48N4O5/c1-28-4-8-30(9-5-28)41(53)24-32(51)10-6-29-7-15-42-43(22-29)55-45-38(46(19-21-54-42)17-2-3-18-46)13-14-40(52)34-11-12-35-33(16-20-48-44(35)47)36(34)23-31-25-49-39-27-50(45)26-37(31)39/h4,7-8,11-12,15,20,22,25,27-28,30,38,40-41,44-45,52-53H,2-3,5-6,9-10,16-18,23-24,26,47H2,1H3. The van der Waals surface area contributed by atoms with E-state index in [1.165, 1.54) is 0 Å². The Hall–Kier alpha value is -4.93. The van der Waals surface area contributed by atoms with Gasteiger partial charge in [0, 0.05) is 62.3 Å². The van der Waals surface area contributed by atoms with Crippen molar-refractivity contribution in [1.29, 1.82) is 0 Å². The van der Waals surface area contributed by atoms with E-state index in [9.17, 15) is 15.0 Å². The highest BCUT2D eigenvalue weighted by atomic mass is 16.5. The second-order valence-electron chi connectivity index (χ2n) is 16.4. The molecule has 2 aromatic rings. The van der Waals surface area contributed by atoms with E-state index in [1.54, 1.807) is 0 Å². The number of fused-ring (bicyclic) bond motifs is 8. The van der Waals surface area contributed by atoms with Crippen LogP contribution in [0.5, 0.6) is 11.5 Å². The summed E-state index contributed by atoms with van der Waals surface area (Å²) in [6.45, 7) is 2.77. The molecule has 5 aliphatic heterocycles. The fourth-order valence-corrected chi connectivity index (χ4v) is 9.55. The summed E-state index contributed by atoms with van der Waals surface area (Å²) in [5.74, 6) is 11.6. The molecule has 2 aromatic carbocycles. The average molecular weight is 737 g/mol. The number of ketones is 1. The molecule has 1 saturated carbocycles. The van der Waals surface area contributed by atoms with Crippen molar-refractivity contribution < 1.29 is 24.5 Å². The van der Waals surface area contributed by atoms with Crippen LogP contribution in [0.1, 0.15) is 98.4 Å². The molecule has 0 radical (unpaired) electrons. The van der Waals surface area contributed by atoms with Crippen molar-refractivity contribution in [2.75, 3.05) is 6.54 Å². The van der Waals surface area contributed by atoms with Crippen molar-refractivity contribution >= 4 is 18.2 Å². The number of Topliss-reactive ketones (excluding diaryl/α,β-unsaturated/α-hetero) is 1. The average Bonchev–Trinajstić information content (AvgIpc) is 3.93. The second-order valence-corrected chi connectivity index (χ2v) is 16.4. The third-order valence-electron chi connectivity index (χ3n) is 12.8. The lowest BCUT2D eigenvalue weighted by molar-refractivity contribution is -0.121. The van der Waals surface area contributed by atoms with Crippen LogP contribution < -0.4 is 15.2 Å². The van der Waals surface area contributed by atoms with Gasteiger partial charge in [-0.25, -0.2) is 0 Å². The molecule has 55 heavy (non-hydrogen) atoms. The summed E-state index contributed by atoms with van der Waals surface area (Å²) in [5, 5.41) is 22.7. The first-order valence-corrected chi connectivity index (χ1v) is 20.0. The fourth-order valence-electron chi connectivity index (χ4n) is 9.55. The fraction of sp³-hybridized carbons (Fsp3) is 0.457. The Morgan fingerprint density at radius 2 is 1.95 bits per heavy atom. The van der Waals surface area contributed by atoms with Gasteiger partial charge in [-0.15, -0.1) is 0 Å². The van der Waals surface area contributed by atoms with E-state index in [-0.39, 0.29) is 18.1 Å². The van der Waals surface area contributed by atoms with Gasteiger partial charge < -0.3 is 30.3 Å². The normalized spacial score (nSPS) is 28.5. The number of aliphatic imine (C=N–C) groups is 2. The van der Waals surface area contributed by atoms with E-state index in [0.717, 1.165) is 83.2 Å². The van der Waals surface area contributed by atoms with Crippen molar-refractivity contribution in [3.8, 4) is 35.4 Å². The van der Waals surface area contributed by atoms with Crippen LogP contribution in [-0.4, -0.2) is 52.2 Å². The third kappa shape index (κ3) is 6.84. The highest BCUT2D eigenvalue weighted by molar-refractivity contribution is 5.88. The first kappa shape index (κ1) is 35.8. The number of benzene rings is 2. The molecule has 4 N–H and O–H groups in total. The number of hydrogen-bond donors (Lipinski definition) is 3. The van der Waals surface area contributed by atoms with Crippen molar-refractivity contribution in [3.63, 3.8) is 0 Å². The zero-order chi connectivity index (χ0) is 37.7. The number of aliphatic hydroxyl groups is 2. The van der Waals surface area contributed by atoms with E-state index in [2.05, 4.69) is 59.0 Å². The van der Waals surface area contributed by atoms with Gasteiger partial charge in [-0.05, 0) is 83.5 Å². The summed E-state index contributed by atoms with van der Waals surface area (Å²) in [6, 6.07) is 9.73. The van der Waals surface area contributed by atoms with Crippen LogP contribution in [0.4, 0.5) is 0 Å². The smallest absolute Gasteiger partial charge is 0.187 e. The van der Waals surface area contributed by atoms with Crippen molar-refractivity contribution in [1.82, 2.24) is 4.90 Å². The number of ether oxygens (including phenoxy) is 2. The van der Waals surface area contributed by atoms with Crippen LogP contribution in [0.25, 0.3) is 0 Å². The summed E-state index contributed by atoms with van der Waals surface area (Å²) in [4.78, 5) is 24.6. The lowest BCUT2D eigenvalue weighted by Crippen LogP contribution is -2.47. The Labute approximate surface area is 323 Å². The van der Waals surface area contributed by atoms with Crippen LogP contribution in [-0.2, 0) is 24.1 Å². The number of aryl methyl sites for hydroxylation is 1. The van der Waals surface area contributed by atoms with Crippen LogP contribution >= 0.6 is 0 Å². The molecule has 5 heterocycles. The molecule has 9 heteroatoms. The maximum atomic E-state index is 13.1. The Morgan fingerprint density at radius 1 is 1.09 bits per heavy atom. The number of rotatable bonds is 6. The molecule has 0 aromatic heterocycles. The minimum atomic E-state index is -1.04. The number of aliphatic hydroxyl groups excluding tert-OH is 2.